The largest absolute Gasteiger partial charge is 0.378 e. The maximum Gasteiger partial charge on any atom is 0.257 e. The van der Waals surface area contributed by atoms with Crippen LogP contribution in [0.15, 0.2) is 18.2 Å². The van der Waals surface area contributed by atoms with Crippen molar-refractivity contribution in [3.8, 4) is 0 Å². The van der Waals surface area contributed by atoms with Gasteiger partial charge in [0.1, 0.15) is 0 Å². The topological polar surface area (TPSA) is 49.3 Å². The van der Waals surface area contributed by atoms with Crippen LogP contribution in [0.4, 0.5) is 5.69 Å². The van der Waals surface area contributed by atoms with Crippen LogP contribution < -0.4 is 5.32 Å². The van der Waals surface area contributed by atoms with Gasteiger partial charge in [0, 0.05) is 11.3 Å². The average Bonchev–Trinajstić information content (AvgIpc) is 2.28. The Balaban J connectivity index is 2.54. The molecule has 2 rings (SSSR count). The van der Waals surface area contributed by atoms with Crippen molar-refractivity contribution in [2.45, 2.75) is 13.0 Å². The van der Waals surface area contributed by atoms with Gasteiger partial charge in [-0.2, -0.15) is 0 Å². The summed E-state index contributed by atoms with van der Waals surface area (Å²) in [7, 11) is 0. The molecular formula is C9H9NO2. The van der Waals surface area contributed by atoms with E-state index in [1.54, 1.807) is 6.07 Å². The monoisotopic (exact) mass is 163 g/mol. The van der Waals surface area contributed by atoms with E-state index in [1.807, 2.05) is 19.1 Å². The van der Waals surface area contributed by atoms with Crippen molar-refractivity contribution in [3.05, 3.63) is 29.3 Å². The van der Waals surface area contributed by atoms with Crippen molar-refractivity contribution in [1.29, 1.82) is 0 Å². The first-order chi connectivity index (χ1) is 5.68. The van der Waals surface area contributed by atoms with Crippen LogP contribution in [0.3, 0.4) is 0 Å². The van der Waals surface area contributed by atoms with Gasteiger partial charge in [-0.25, -0.2) is 0 Å². The molecule has 12 heavy (non-hydrogen) atoms. The third-order valence-corrected chi connectivity index (χ3v) is 2.01. The Morgan fingerprint density at radius 2 is 2.25 bits per heavy atom. The number of amides is 1. The Morgan fingerprint density at radius 1 is 1.50 bits per heavy atom. The molecule has 1 amide bonds. The van der Waals surface area contributed by atoms with E-state index >= 15 is 0 Å². The number of carbonyl (C=O) groups excluding carboxylic acids is 1. The Hall–Kier alpha value is -1.35. The molecule has 1 aliphatic heterocycles. The highest BCUT2D eigenvalue weighted by Gasteiger charge is 2.27. The minimum absolute atomic E-state index is 0.337. The molecule has 1 aliphatic rings. The number of aliphatic hydroxyl groups excluding tert-OH is 1. The standard InChI is InChI=1S/C9H9NO2/c1-5-2-3-6-7(4-5)10-9(12)8(6)11/h2-4,8,11H,1H3,(H,10,12). The van der Waals surface area contributed by atoms with Crippen molar-refractivity contribution in [1.82, 2.24) is 0 Å². The van der Waals surface area contributed by atoms with Gasteiger partial charge in [0.15, 0.2) is 6.10 Å². The van der Waals surface area contributed by atoms with Crippen LogP contribution in [0.5, 0.6) is 0 Å². The lowest BCUT2D eigenvalue weighted by atomic mass is 10.1. The van der Waals surface area contributed by atoms with Crippen LogP contribution in [-0.2, 0) is 4.79 Å². The average molecular weight is 163 g/mol. The third kappa shape index (κ3) is 0.905. The summed E-state index contributed by atoms with van der Waals surface area (Å²) < 4.78 is 0. The molecule has 0 fully saturated rings. The lowest BCUT2D eigenvalue weighted by Crippen LogP contribution is -2.10. The number of hydrogen-bond donors (Lipinski definition) is 2. The van der Waals surface area contributed by atoms with Gasteiger partial charge >= 0.3 is 0 Å². The highest BCUT2D eigenvalue weighted by molar-refractivity contribution is 6.01. The lowest BCUT2D eigenvalue weighted by Gasteiger charge is -1.99. The van der Waals surface area contributed by atoms with Crippen LogP contribution in [-0.4, -0.2) is 11.0 Å². The smallest absolute Gasteiger partial charge is 0.257 e. The summed E-state index contributed by atoms with van der Waals surface area (Å²) >= 11 is 0. The molecule has 1 aromatic rings. The summed E-state index contributed by atoms with van der Waals surface area (Å²) in [6.07, 6.45) is -0.986. The predicted molar refractivity (Wildman–Crippen MR) is 44.8 cm³/mol. The summed E-state index contributed by atoms with van der Waals surface area (Å²) in [5, 5.41) is 11.9. The molecule has 0 radical (unpaired) electrons. The fraction of sp³-hybridized carbons (Fsp3) is 0.222. The quantitative estimate of drug-likeness (QED) is 0.599. The second-order valence-electron chi connectivity index (χ2n) is 2.98. The maximum absolute atomic E-state index is 11.0. The number of rotatable bonds is 0. The number of carbonyl (C=O) groups is 1. The number of fused-ring (bicyclic) bond motifs is 1. The van der Waals surface area contributed by atoms with Crippen LogP contribution in [0.25, 0.3) is 0 Å². The van der Waals surface area contributed by atoms with Gasteiger partial charge in [-0.15, -0.1) is 0 Å². The van der Waals surface area contributed by atoms with Gasteiger partial charge in [0.2, 0.25) is 0 Å². The van der Waals surface area contributed by atoms with Crippen LogP contribution in [0.2, 0.25) is 0 Å². The fourth-order valence-electron chi connectivity index (χ4n) is 1.36. The van der Waals surface area contributed by atoms with E-state index in [9.17, 15) is 9.90 Å². The number of aryl methyl sites for hydroxylation is 1. The lowest BCUT2D eigenvalue weighted by molar-refractivity contribution is -0.123. The van der Waals surface area contributed by atoms with E-state index in [2.05, 4.69) is 5.32 Å². The fourth-order valence-corrected chi connectivity index (χ4v) is 1.36. The Bertz CT molecular complexity index is 346. The van der Waals surface area contributed by atoms with Crippen molar-refractivity contribution in [2.24, 2.45) is 0 Å². The van der Waals surface area contributed by atoms with E-state index in [0.717, 1.165) is 11.3 Å². The molecule has 1 unspecified atom stereocenters. The van der Waals surface area contributed by atoms with E-state index < -0.39 is 6.10 Å². The van der Waals surface area contributed by atoms with E-state index in [-0.39, 0.29) is 5.91 Å². The number of aliphatic hydroxyl groups is 1. The number of nitrogens with one attached hydrogen (secondary N) is 1. The van der Waals surface area contributed by atoms with Gasteiger partial charge < -0.3 is 10.4 Å². The normalized spacial score (nSPS) is 20.5. The molecule has 3 heteroatoms. The summed E-state index contributed by atoms with van der Waals surface area (Å²) in [5.74, 6) is -0.337. The zero-order valence-corrected chi connectivity index (χ0v) is 6.66. The Morgan fingerprint density at radius 3 is 3.00 bits per heavy atom. The van der Waals surface area contributed by atoms with E-state index in [0.29, 0.717) is 5.56 Å². The van der Waals surface area contributed by atoms with Gasteiger partial charge in [-0.1, -0.05) is 12.1 Å². The molecule has 1 atom stereocenters. The van der Waals surface area contributed by atoms with Crippen LogP contribution in [0, 0.1) is 6.92 Å². The number of hydrogen-bond acceptors (Lipinski definition) is 2. The summed E-state index contributed by atoms with van der Waals surface area (Å²) in [6.45, 7) is 1.94. The minimum atomic E-state index is -0.986. The maximum atomic E-state index is 11.0. The third-order valence-electron chi connectivity index (χ3n) is 2.01. The Kier molecular flexibility index (Phi) is 1.41. The summed E-state index contributed by atoms with van der Waals surface area (Å²) in [4.78, 5) is 11.0. The SMILES string of the molecule is Cc1ccc2c(c1)NC(=O)C2O. The molecule has 0 bridgehead atoms. The van der Waals surface area contributed by atoms with Crippen molar-refractivity contribution in [2.75, 3.05) is 5.32 Å². The first-order valence-corrected chi connectivity index (χ1v) is 3.78. The highest BCUT2D eigenvalue weighted by atomic mass is 16.3. The van der Waals surface area contributed by atoms with Gasteiger partial charge in [-0.05, 0) is 18.6 Å². The molecule has 0 aliphatic carbocycles. The van der Waals surface area contributed by atoms with Crippen molar-refractivity contribution in [3.63, 3.8) is 0 Å². The first-order valence-electron chi connectivity index (χ1n) is 3.78. The molecule has 0 aromatic heterocycles. The number of benzene rings is 1. The van der Waals surface area contributed by atoms with Gasteiger partial charge in [0.25, 0.3) is 5.91 Å². The van der Waals surface area contributed by atoms with E-state index in [1.165, 1.54) is 0 Å². The highest BCUT2D eigenvalue weighted by Crippen LogP contribution is 2.30. The first kappa shape index (κ1) is 7.31. The number of anilines is 1. The molecule has 1 heterocycles. The van der Waals surface area contributed by atoms with Gasteiger partial charge in [-0.3, -0.25) is 4.79 Å². The van der Waals surface area contributed by atoms with Gasteiger partial charge in [0.05, 0.1) is 0 Å². The molecule has 2 N–H and O–H groups in total. The zero-order chi connectivity index (χ0) is 8.72. The second-order valence-corrected chi connectivity index (χ2v) is 2.98. The van der Waals surface area contributed by atoms with E-state index in [4.69, 9.17) is 0 Å². The van der Waals surface area contributed by atoms with Crippen molar-refractivity contribution < 1.29 is 9.90 Å². The molecule has 0 spiro atoms. The molecule has 0 saturated carbocycles. The molecule has 62 valence electrons. The zero-order valence-electron chi connectivity index (χ0n) is 6.66. The molecular weight excluding hydrogens is 154 g/mol. The summed E-state index contributed by atoms with van der Waals surface area (Å²) in [6, 6.07) is 5.50. The molecule has 0 saturated heterocycles. The Labute approximate surface area is 70.0 Å². The molecule has 1 aromatic carbocycles. The second kappa shape index (κ2) is 2.32. The minimum Gasteiger partial charge on any atom is -0.378 e. The van der Waals surface area contributed by atoms with Crippen LogP contribution in [0.1, 0.15) is 17.2 Å². The van der Waals surface area contributed by atoms with Crippen LogP contribution >= 0.6 is 0 Å². The summed E-state index contributed by atoms with van der Waals surface area (Å²) in [5.41, 5.74) is 2.47. The molecule has 3 nitrogen and oxygen atoms in total. The van der Waals surface area contributed by atoms with Crippen molar-refractivity contribution >= 4 is 11.6 Å². The predicted octanol–water partition coefficient (Wildman–Crippen LogP) is 0.981.